The van der Waals surface area contributed by atoms with Gasteiger partial charge in [-0.25, -0.2) is 4.79 Å². The third-order valence-electron chi connectivity index (χ3n) is 2.71. The van der Waals surface area contributed by atoms with Crippen LogP contribution in [0.2, 0.25) is 5.02 Å². The highest BCUT2D eigenvalue weighted by atomic mass is 35.5. The zero-order valence-electron chi connectivity index (χ0n) is 11.1. The van der Waals surface area contributed by atoms with E-state index in [4.69, 9.17) is 21.6 Å². The molecule has 4 heteroatoms. The molecular weight excluding hydrogens is 286 g/mol. The molecule has 0 bridgehead atoms. The summed E-state index contributed by atoms with van der Waals surface area (Å²) in [5.74, 6) is -0.0135. The maximum absolute atomic E-state index is 11.7. The number of hydrogen-bond acceptors (Lipinski definition) is 3. The van der Waals surface area contributed by atoms with Crippen molar-refractivity contribution in [3.63, 3.8) is 0 Å². The van der Waals surface area contributed by atoms with E-state index in [0.29, 0.717) is 17.2 Å². The van der Waals surface area contributed by atoms with Gasteiger partial charge in [-0.15, -0.1) is 0 Å². The molecule has 0 N–H and O–H groups in total. The van der Waals surface area contributed by atoms with Crippen molar-refractivity contribution in [3.8, 4) is 11.8 Å². The summed E-state index contributed by atoms with van der Waals surface area (Å²) in [5, 5.41) is 9.22. The second-order valence-corrected chi connectivity index (χ2v) is 4.72. The van der Waals surface area contributed by atoms with E-state index in [1.165, 1.54) is 6.08 Å². The second kappa shape index (κ2) is 7.28. The van der Waals surface area contributed by atoms with Crippen LogP contribution in [0.3, 0.4) is 0 Å². The predicted molar refractivity (Wildman–Crippen MR) is 81.9 cm³/mol. The molecule has 0 saturated heterocycles. The number of ether oxygens (including phenoxy) is 1. The van der Waals surface area contributed by atoms with Gasteiger partial charge >= 0.3 is 5.97 Å². The van der Waals surface area contributed by atoms with Gasteiger partial charge in [-0.05, 0) is 41.5 Å². The van der Waals surface area contributed by atoms with Crippen LogP contribution < -0.4 is 4.74 Å². The van der Waals surface area contributed by atoms with E-state index in [0.717, 1.165) is 11.1 Å². The largest absolute Gasteiger partial charge is 0.423 e. The van der Waals surface area contributed by atoms with Crippen LogP contribution in [0.4, 0.5) is 0 Å². The molecule has 0 aliphatic heterocycles. The van der Waals surface area contributed by atoms with Gasteiger partial charge in [-0.1, -0.05) is 35.9 Å². The van der Waals surface area contributed by atoms with Gasteiger partial charge in [0.2, 0.25) is 0 Å². The average molecular weight is 298 g/mol. The lowest BCUT2D eigenvalue weighted by Crippen LogP contribution is -2.03. The van der Waals surface area contributed by atoms with Gasteiger partial charge in [0.05, 0.1) is 12.5 Å². The number of carbonyl (C=O) groups excluding carboxylic acids is 1. The lowest BCUT2D eigenvalue weighted by atomic mass is 10.2. The summed E-state index contributed by atoms with van der Waals surface area (Å²) in [6.45, 7) is 0. The third-order valence-corrected chi connectivity index (χ3v) is 2.96. The topological polar surface area (TPSA) is 50.1 Å². The number of hydrogen-bond donors (Lipinski definition) is 0. The quantitative estimate of drug-likeness (QED) is 0.486. The Labute approximate surface area is 128 Å². The summed E-state index contributed by atoms with van der Waals surface area (Å²) in [5.41, 5.74) is 1.75. The van der Waals surface area contributed by atoms with Crippen molar-refractivity contribution in [3.05, 3.63) is 70.8 Å². The van der Waals surface area contributed by atoms with Crippen molar-refractivity contribution in [1.82, 2.24) is 0 Å². The lowest BCUT2D eigenvalue weighted by molar-refractivity contribution is -0.128. The summed E-state index contributed by atoms with van der Waals surface area (Å²) in [6.07, 6.45) is 3.35. The summed E-state index contributed by atoms with van der Waals surface area (Å²) in [4.78, 5) is 11.7. The van der Waals surface area contributed by atoms with Gasteiger partial charge < -0.3 is 4.74 Å². The van der Waals surface area contributed by atoms with E-state index >= 15 is 0 Å². The minimum Gasteiger partial charge on any atom is -0.423 e. The molecule has 0 spiro atoms. The minimum atomic E-state index is -0.460. The highest BCUT2D eigenvalue weighted by Gasteiger charge is 2.01. The molecule has 0 aliphatic carbocycles. The van der Waals surface area contributed by atoms with Crippen molar-refractivity contribution in [2.24, 2.45) is 0 Å². The first-order valence-corrected chi connectivity index (χ1v) is 6.66. The fourth-order valence-corrected chi connectivity index (χ4v) is 1.78. The van der Waals surface area contributed by atoms with E-state index < -0.39 is 5.97 Å². The summed E-state index contributed by atoms with van der Waals surface area (Å²) in [6, 6.07) is 16.0. The molecule has 0 heterocycles. The number of carbonyl (C=O) groups is 1. The predicted octanol–water partition coefficient (Wildman–Crippen LogP) is 4.02. The Balaban J connectivity index is 1.95. The number of nitriles is 1. The molecule has 3 nitrogen and oxygen atoms in total. The fourth-order valence-electron chi connectivity index (χ4n) is 1.65. The SMILES string of the molecule is N#CCc1ccc(OC(=O)/C=C/c2ccc(Cl)cc2)cc1. The van der Waals surface area contributed by atoms with Crippen LogP contribution in [0.1, 0.15) is 11.1 Å². The summed E-state index contributed by atoms with van der Waals surface area (Å²) in [7, 11) is 0. The molecule has 0 atom stereocenters. The van der Waals surface area contributed by atoms with Crippen LogP contribution in [-0.4, -0.2) is 5.97 Å². The molecule has 21 heavy (non-hydrogen) atoms. The Morgan fingerprint density at radius 3 is 2.43 bits per heavy atom. The molecule has 0 aliphatic rings. The van der Waals surface area contributed by atoms with Gasteiger partial charge in [0.15, 0.2) is 0 Å². The highest BCUT2D eigenvalue weighted by molar-refractivity contribution is 6.30. The monoisotopic (exact) mass is 297 g/mol. The summed E-state index contributed by atoms with van der Waals surface area (Å²) < 4.78 is 5.16. The Hall–Kier alpha value is -2.57. The molecule has 0 radical (unpaired) electrons. The molecule has 104 valence electrons. The molecule has 0 saturated carbocycles. The smallest absolute Gasteiger partial charge is 0.336 e. The number of esters is 1. The number of nitrogens with zero attached hydrogens (tertiary/aromatic N) is 1. The molecule has 2 rings (SSSR count). The van der Waals surface area contributed by atoms with Crippen LogP contribution in [0.5, 0.6) is 5.75 Å². The Bertz CT molecular complexity index is 682. The lowest BCUT2D eigenvalue weighted by Gasteiger charge is -2.02. The second-order valence-electron chi connectivity index (χ2n) is 4.28. The maximum atomic E-state index is 11.7. The highest BCUT2D eigenvalue weighted by Crippen LogP contribution is 2.14. The molecule has 0 fully saturated rings. The molecule has 0 unspecified atom stereocenters. The Morgan fingerprint density at radius 2 is 1.81 bits per heavy atom. The van der Waals surface area contributed by atoms with E-state index in [9.17, 15) is 4.79 Å². The Kier molecular flexibility index (Phi) is 5.14. The average Bonchev–Trinajstić information content (AvgIpc) is 2.49. The van der Waals surface area contributed by atoms with Crippen LogP contribution in [0.15, 0.2) is 54.6 Å². The van der Waals surface area contributed by atoms with Crippen LogP contribution >= 0.6 is 11.6 Å². The molecule has 0 amide bonds. The van der Waals surface area contributed by atoms with Crippen molar-refractivity contribution in [2.75, 3.05) is 0 Å². The normalized spacial score (nSPS) is 10.3. The van der Waals surface area contributed by atoms with Crippen molar-refractivity contribution < 1.29 is 9.53 Å². The van der Waals surface area contributed by atoms with Gasteiger partial charge in [0, 0.05) is 11.1 Å². The van der Waals surface area contributed by atoms with E-state index in [1.807, 2.05) is 12.1 Å². The Morgan fingerprint density at radius 1 is 1.14 bits per heavy atom. The summed E-state index contributed by atoms with van der Waals surface area (Å²) >= 11 is 5.78. The molecule has 0 aromatic heterocycles. The minimum absolute atomic E-state index is 0.338. The molecule has 2 aromatic rings. The van der Waals surface area contributed by atoms with Gasteiger partial charge in [0.1, 0.15) is 5.75 Å². The first kappa shape index (κ1) is 14.8. The van der Waals surface area contributed by atoms with Gasteiger partial charge in [-0.2, -0.15) is 5.26 Å². The van der Waals surface area contributed by atoms with E-state index in [1.54, 1.807) is 42.5 Å². The first-order chi connectivity index (χ1) is 10.2. The van der Waals surface area contributed by atoms with Crippen molar-refractivity contribution in [1.29, 1.82) is 5.26 Å². The van der Waals surface area contributed by atoms with Gasteiger partial charge in [0.25, 0.3) is 0 Å². The van der Waals surface area contributed by atoms with Crippen molar-refractivity contribution in [2.45, 2.75) is 6.42 Å². The number of benzene rings is 2. The standard InChI is InChI=1S/C17H12ClNO2/c18-15-6-1-13(2-7-15)5-10-17(20)21-16-8-3-14(4-9-16)11-12-19/h1-10H,11H2/b10-5+. The number of rotatable bonds is 4. The van der Waals surface area contributed by atoms with Crippen LogP contribution in [0, 0.1) is 11.3 Å². The third kappa shape index (κ3) is 4.79. The van der Waals surface area contributed by atoms with Gasteiger partial charge in [-0.3, -0.25) is 0 Å². The van der Waals surface area contributed by atoms with Crippen LogP contribution in [0.25, 0.3) is 6.08 Å². The van der Waals surface area contributed by atoms with Crippen LogP contribution in [-0.2, 0) is 11.2 Å². The molecule has 2 aromatic carbocycles. The van der Waals surface area contributed by atoms with E-state index in [-0.39, 0.29) is 0 Å². The molecular formula is C17H12ClNO2. The zero-order valence-corrected chi connectivity index (χ0v) is 11.9. The fraction of sp³-hybridized carbons (Fsp3) is 0.0588. The first-order valence-electron chi connectivity index (χ1n) is 6.29. The number of halogens is 1. The zero-order chi connectivity index (χ0) is 15.1. The maximum Gasteiger partial charge on any atom is 0.336 e. The van der Waals surface area contributed by atoms with E-state index in [2.05, 4.69) is 6.07 Å². The van der Waals surface area contributed by atoms with Crippen molar-refractivity contribution >= 4 is 23.6 Å².